The van der Waals surface area contributed by atoms with Crippen LogP contribution in [0.15, 0.2) is 0 Å². The molecule has 4 bridgehead atoms. The molecule has 2 N–H and O–H groups in total. The van der Waals surface area contributed by atoms with E-state index in [-0.39, 0.29) is 23.4 Å². The molecule has 136 valence electrons. The van der Waals surface area contributed by atoms with Crippen LogP contribution in [0.2, 0.25) is 0 Å². The van der Waals surface area contributed by atoms with Gasteiger partial charge in [-0.05, 0) is 81.1 Å². The van der Waals surface area contributed by atoms with E-state index in [9.17, 15) is 15.2 Å². The summed E-state index contributed by atoms with van der Waals surface area (Å²) in [6.45, 7) is 2.81. The standard InChI is InChI=1S/C20H29N3O2/c1-2-22-17(18(24)23-15(10-21)4-14-5-16(14)23)19-6-12-3-13(7-19)9-20(25,8-12)11-19/h12-17,22,25H,2-9,11H2,1H3/t12-,13+,14-,15-,16+,17+,19?,20?/m1/s1. The van der Waals surface area contributed by atoms with Gasteiger partial charge in [-0.2, -0.15) is 5.26 Å². The number of hydrogen-bond donors (Lipinski definition) is 2. The fourth-order valence-electron chi connectivity index (χ4n) is 7.43. The first-order valence-corrected chi connectivity index (χ1v) is 10.1. The number of nitriles is 1. The van der Waals surface area contributed by atoms with Crippen LogP contribution in [0.1, 0.15) is 58.3 Å². The number of nitrogens with one attached hydrogen (secondary N) is 1. The zero-order chi connectivity index (χ0) is 17.4. The number of likely N-dealkylation sites (tertiary alicyclic amines) is 1. The molecule has 6 aliphatic rings. The zero-order valence-electron chi connectivity index (χ0n) is 15.1. The fourth-order valence-corrected chi connectivity index (χ4v) is 7.43. The predicted octanol–water partition coefficient (Wildman–Crippen LogP) is 1.81. The van der Waals surface area contributed by atoms with Crippen molar-refractivity contribution in [1.29, 1.82) is 5.26 Å². The van der Waals surface area contributed by atoms with Gasteiger partial charge in [0.1, 0.15) is 6.04 Å². The second-order valence-corrected chi connectivity index (χ2v) is 9.73. The highest BCUT2D eigenvalue weighted by Crippen LogP contribution is 2.63. The fraction of sp³-hybridized carbons (Fsp3) is 0.900. The summed E-state index contributed by atoms with van der Waals surface area (Å²) in [5, 5.41) is 24.1. The minimum absolute atomic E-state index is 0.112. The second-order valence-electron chi connectivity index (χ2n) is 9.73. The van der Waals surface area contributed by atoms with Crippen molar-refractivity contribution in [2.75, 3.05) is 6.54 Å². The van der Waals surface area contributed by atoms with Crippen molar-refractivity contribution in [3.05, 3.63) is 0 Å². The normalized spacial score (nSPS) is 50.4. The molecule has 0 aromatic rings. The van der Waals surface area contributed by atoms with Gasteiger partial charge in [-0.25, -0.2) is 0 Å². The third-order valence-corrected chi connectivity index (χ3v) is 7.85. The minimum Gasteiger partial charge on any atom is -0.390 e. The maximum atomic E-state index is 13.6. The first-order valence-electron chi connectivity index (χ1n) is 10.1. The molecule has 6 rings (SSSR count). The molecule has 1 aliphatic heterocycles. The molecule has 2 unspecified atom stereocenters. The van der Waals surface area contributed by atoms with Crippen LogP contribution in [0, 0.1) is 34.5 Å². The Morgan fingerprint density at radius 3 is 2.60 bits per heavy atom. The number of carbonyl (C=O) groups is 1. The summed E-state index contributed by atoms with van der Waals surface area (Å²) in [7, 11) is 0. The van der Waals surface area contributed by atoms with Gasteiger partial charge in [0.25, 0.3) is 0 Å². The highest BCUT2D eigenvalue weighted by Gasteiger charge is 2.63. The number of hydrogen-bond acceptors (Lipinski definition) is 4. The summed E-state index contributed by atoms with van der Waals surface area (Å²) >= 11 is 0. The van der Waals surface area contributed by atoms with Gasteiger partial charge in [0, 0.05) is 6.04 Å². The monoisotopic (exact) mass is 343 g/mol. The number of aliphatic hydroxyl groups is 1. The highest BCUT2D eigenvalue weighted by atomic mass is 16.3. The van der Waals surface area contributed by atoms with Gasteiger partial charge in [-0.15, -0.1) is 0 Å². The molecule has 5 nitrogen and oxygen atoms in total. The number of piperidine rings is 1. The predicted molar refractivity (Wildman–Crippen MR) is 92.3 cm³/mol. The summed E-state index contributed by atoms with van der Waals surface area (Å²) in [6, 6.07) is 2.19. The lowest BCUT2D eigenvalue weighted by atomic mass is 9.46. The Kier molecular flexibility index (Phi) is 3.35. The van der Waals surface area contributed by atoms with Crippen molar-refractivity contribution in [1.82, 2.24) is 10.2 Å². The summed E-state index contributed by atoms with van der Waals surface area (Å²) < 4.78 is 0. The summed E-state index contributed by atoms with van der Waals surface area (Å²) in [4.78, 5) is 15.5. The Morgan fingerprint density at radius 1 is 1.28 bits per heavy atom. The highest BCUT2D eigenvalue weighted by molar-refractivity contribution is 5.85. The lowest BCUT2D eigenvalue weighted by Gasteiger charge is -2.62. The second kappa shape index (κ2) is 5.20. The Morgan fingerprint density at radius 2 is 2.00 bits per heavy atom. The summed E-state index contributed by atoms with van der Waals surface area (Å²) in [5.41, 5.74) is -0.668. The van der Waals surface area contributed by atoms with E-state index in [4.69, 9.17) is 0 Å². The van der Waals surface area contributed by atoms with E-state index in [0.717, 1.165) is 51.5 Å². The van der Waals surface area contributed by atoms with E-state index in [0.29, 0.717) is 23.8 Å². The van der Waals surface area contributed by atoms with Crippen LogP contribution >= 0.6 is 0 Å². The molecular formula is C20H29N3O2. The molecule has 8 atom stereocenters. The Hall–Kier alpha value is -1.12. The van der Waals surface area contributed by atoms with Crippen molar-refractivity contribution in [3.8, 4) is 6.07 Å². The average molecular weight is 343 g/mol. The van der Waals surface area contributed by atoms with Crippen LogP contribution in [0.5, 0.6) is 0 Å². The maximum absolute atomic E-state index is 13.6. The van der Waals surface area contributed by atoms with Crippen molar-refractivity contribution in [2.24, 2.45) is 23.2 Å². The molecule has 0 spiro atoms. The van der Waals surface area contributed by atoms with E-state index in [1.807, 2.05) is 4.90 Å². The molecule has 5 heteroatoms. The van der Waals surface area contributed by atoms with E-state index >= 15 is 0 Å². The van der Waals surface area contributed by atoms with Gasteiger partial charge < -0.3 is 15.3 Å². The van der Waals surface area contributed by atoms with Crippen LogP contribution in [0.3, 0.4) is 0 Å². The van der Waals surface area contributed by atoms with Crippen molar-refractivity contribution < 1.29 is 9.90 Å². The van der Waals surface area contributed by atoms with Gasteiger partial charge in [0.2, 0.25) is 5.91 Å². The largest absolute Gasteiger partial charge is 0.390 e. The Bertz CT molecular complexity index is 627. The van der Waals surface area contributed by atoms with Crippen molar-refractivity contribution in [2.45, 2.75) is 82.0 Å². The summed E-state index contributed by atoms with van der Waals surface area (Å²) in [6.07, 6.45) is 7.89. The SMILES string of the molecule is CCN[C@@H](C(=O)N1[C@@H](C#N)C[C@@H]2C[C@@H]21)C12C[C@@H]3C[C@@H](CC(O)(C3)C1)C2. The third kappa shape index (κ3) is 2.30. The first-order chi connectivity index (χ1) is 12.0. The molecule has 5 aliphatic carbocycles. The third-order valence-electron chi connectivity index (χ3n) is 7.85. The first kappa shape index (κ1) is 16.1. The minimum atomic E-state index is -0.556. The van der Waals surface area contributed by atoms with Crippen molar-refractivity contribution in [3.63, 3.8) is 0 Å². The van der Waals surface area contributed by atoms with Gasteiger partial charge in [0.15, 0.2) is 0 Å². The van der Waals surface area contributed by atoms with Crippen LogP contribution in [0.4, 0.5) is 0 Å². The van der Waals surface area contributed by atoms with Crippen molar-refractivity contribution >= 4 is 5.91 Å². The average Bonchev–Trinajstić information content (AvgIpc) is 3.19. The molecule has 1 amide bonds. The number of carbonyl (C=O) groups excluding carboxylic acids is 1. The Labute approximate surface area is 149 Å². The Balaban J connectivity index is 1.47. The summed E-state index contributed by atoms with van der Waals surface area (Å²) in [5.74, 6) is 1.83. The zero-order valence-corrected chi connectivity index (χ0v) is 15.1. The van der Waals surface area contributed by atoms with Gasteiger partial charge >= 0.3 is 0 Å². The number of fused-ring (bicyclic) bond motifs is 1. The molecule has 0 aromatic heterocycles. The van der Waals surface area contributed by atoms with Crippen LogP contribution in [0.25, 0.3) is 0 Å². The van der Waals surface area contributed by atoms with E-state index in [2.05, 4.69) is 18.3 Å². The van der Waals surface area contributed by atoms with Crippen LogP contribution < -0.4 is 5.32 Å². The number of likely N-dealkylation sites (N-methyl/N-ethyl adjacent to an activating group) is 1. The molecule has 0 radical (unpaired) electrons. The molecule has 0 aromatic carbocycles. The van der Waals surface area contributed by atoms with Gasteiger partial charge in [0.05, 0.1) is 17.7 Å². The number of nitrogens with zero attached hydrogens (tertiary/aromatic N) is 2. The van der Waals surface area contributed by atoms with Crippen LogP contribution in [-0.4, -0.2) is 46.2 Å². The van der Waals surface area contributed by atoms with E-state index in [1.165, 1.54) is 6.42 Å². The van der Waals surface area contributed by atoms with Crippen LogP contribution in [-0.2, 0) is 4.79 Å². The number of amides is 1. The van der Waals surface area contributed by atoms with E-state index < -0.39 is 5.60 Å². The molecule has 1 saturated heterocycles. The molecular weight excluding hydrogens is 314 g/mol. The quantitative estimate of drug-likeness (QED) is 0.816. The van der Waals surface area contributed by atoms with Gasteiger partial charge in [-0.3, -0.25) is 4.79 Å². The smallest absolute Gasteiger partial charge is 0.241 e. The molecule has 1 heterocycles. The lowest BCUT2D eigenvalue weighted by molar-refractivity contribution is -0.180. The molecule has 25 heavy (non-hydrogen) atoms. The lowest BCUT2D eigenvalue weighted by Crippen LogP contribution is -2.65. The maximum Gasteiger partial charge on any atom is 0.241 e. The topological polar surface area (TPSA) is 76.4 Å². The number of rotatable bonds is 4. The van der Waals surface area contributed by atoms with Gasteiger partial charge in [-0.1, -0.05) is 6.92 Å². The molecule has 5 saturated carbocycles. The molecule has 6 fully saturated rings. The van der Waals surface area contributed by atoms with E-state index in [1.54, 1.807) is 0 Å².